The topological polar surface area (TPSA) is 170 Å². The number of aliphatic carboxylic acids is 1. The van der Waals surface area contributed by atoms with Gasteiger partial charge in [-0.15, -0.1) is 0 Å². The lowest BCUT2D eigenvalue weighted by atomic mass is 10.1. The number of aromatic carboxylic acids is 1. The maximum absolute atomic E-state index is 10.4. The summed E-state index contributed by atoms with van der Waals surface area (Å²) in [5.41, 5.74) is 19.4. The first-order valence-electron chi connectivity index (χ1n) is 13.5. The molecule has 0 aliphatic carbocycles. The van der Waals surface area contributed by atoms with Crippen molar-refractivity contribution in [1.29, 1.82) is 0 Å². The molecule has 1 atom stereocenters. The summed E-state index contributed by atoms with van der Waals surface area (Å²) in [4.78, 5) is 30.6. The molecule has 0 bridgehead atoms. The van der Waals surface area contributed by atoms with Gasteiger partial charge in [-0.2, -0.15) is 0 Å². The van der Waals surface area contributed by atoms with E-state index in [0.29, 0.717) is 24.9 Å². The highest BCUT2D eigenvalue weighted by Gasteiger charge is 2.08. The Morgan fingerprint density at radius 3 is 1.73 bits per heavy atom. The first-order valence-corrected chi connectivity index (χ1v) is 13.5. The van der Waals surface area contributed by atoms with Crippen molar-refractivity contribution < 1.29 is 24.6 Å². The number of carboxylic acids is 2. The number of nitrogens with two attached hydrogens (primary N) is 3. The molecule has 0 aliphatic heterocycles. The number of benzene rings is 3. The third kappa shape index (κ3) is 19.3. The van der Waals surface area contributed by atoms with Crippen LogP contribution in [0.3, 0.4) is 0 Å². The predicted molar refractivity (Wildman–Crippen MR) is 162 cm³/mol. The van der Waals surface area contributed by atoms with E-state index in [1.165, 1.54) is 30.4 Å². The second-order valence-electron chi connectivity index (χ2n) is 8.89. The summed E-state index contributed by atoms with van der Waals surface area (Å²) in [6.07, 6.45) is 7.93. The fraction of sp³-hybridized carbons (Fsp3) is 0.344. The van der Waals surface area contributed by atoms with E-state index in [4.69, 9.17) is 27.4 Å². The second-order valence-corrected chi connectivity index (χ2v) is 8.89. The van der Waals surface area contributed by atoms with Crippen LogP contribution in [0, 0.1) is 0 Å². The maximum atomic E-state index is 10.4. The van der Waals surface area contributed by atoms with Gasteiger partial charge in [-0.3, -0.25) is 9.59 Å². The van der Waals surface area contributed by atoms with Crippen LogP contribution in [0.5, 0.6) is 0 Å². The summed E-state index contributed by atoms with van der Waals surface area (Å²) in [6, 6.07) is 25.7. The Hall–Kier alpha value is -3.85. The molecule has 3 aromatic carbocycles. The molecule has 0 heterocycles. The lowest BCUT2D eigenvalue weighted by Gasteiger charge is -2.02. The minimum absolute atomic E-state index is 0.331. The second kappa shape index (κ2) is 24.2. The smallest absolute Gasteiger partial charge is 0.335 e. The van der Waals surface area contributed by atoms with E-state index in [-0.39, 0.29) is 0 Å². The molecule has 8 heteroatoms. The average Bonchev–Trinajstić information content (AvgIpc) is 2.98. The summed E-state index contributed by atoms with van der Waals surface area (Å²) in [5, 5.41) is 16.6. The van der Waals surface area contributed by atoms with Crippen LogP contribution in [-0.2, 0) is 17.6 Å². The first-order chi connectivity index (χ1) is 19.3. The van der Waals surface area contributed by atoms with Crippen LogP contribution in [0.15, 0.2) is 84.9 Å². The van der Waals surface area contributed by atoms with Crippen molar-refractivity contribution in [3.63, 3.8) is 0 Å². The predicted octanol–water partition coefficient (Wildman–Crippen LogP) is 4.94. The Kier molecular flexibility index (Phi) is 21.9. The van der Waals surface area contributed by atoms with Gasteiger partial charge in [-0.1, -0.05) is 92.6 Å². The number of aryl methyl sites for hydroxylation is 1. The summed E-state index contributed by atoms with van der Waals surface area (Å²) < 4.78 is 0. The van der Waals surface area contributed by atoms with Crippen LogP contribution < -0.4 is 17.2 Å². The molecular weight excluding hydrogens is 506 g/mol. The molecule has 40 heavy (non-hydrogen) atoms. The molecular formula is C32H45N3O5. The van der Waals surface area contributed by atoms with E-state index in [2.05, 4.69) is 19.1 Å². The fourth-order valence-corrected chi connectivity index (χ4v) is 3.20. The van der Waals surface area contributed by atoms with Gasteiger partial charge < -0.3 is 27.4 Å². The van der Waals surface area contributed by atoms with Crippen molar-refractivity contribution >= 4 is 18.2 Å². The highest BCUT2D eigenvalue weighted by atomic mass is 16.4. The molecule has 0 amide bonds. The number of carboxylic acid groups (broad SMARTS) is 2. The third-order valence-electron chi connectivity index (χ3n) is 5.52. The van der Waals surface area contributed by atoms with Crippen LogP contribution in [0.4, 0.5) is 0 Å². The summed E-state index contributed by atoms with van der Waals surface area (Å²) in [6.45, 7) is 3.44. The molecule has 0 radical (unpaired) electrons. The van der Waals surface area contributed by atoms with Crippen molar-refractivity contribution in [1.82, 2.24) is 0 Å². The Bertz CT molecular complexity index is 1050. The molecule has 0 aliphatic rings. The molecule has 8 N–H and O–H groups in total. The Morgan fingerprint density at radius 2 is 1.30 bits per heavy atom. The molecule has 0 spiro atoms. The monoisotopic (exact) mass is 551 g/mol. The van der Waals surface area contributed by atoms with Gasteiger partial charge in [0.15, 0.2) is 0 Å². The SMILES string of the molecule is CCCCCc1ccc(C=O)cc1.NCCC[C@H](N)C(=O)O.NCCc1ccccc1.O=C(O)c1ccccc1. The van der Waals surface area contributed by atoms with E-state index >= 15 is 0 Å². The van der Waals surface area contributed by atoms with Gasteiger partial charge in [0.05, 0.1) is 5.56 Å². The molecule has 0 aromatic heterocycles. The maximum Gasteiger partial charge on any atom is 0.335 e. The Morgan fingerprint density at radius 1 is 0.750 bits per heavy atom. The molecule has 0 saturated heterocycles. The summed E-state index contributed by atoms with van der Waals surface area (Å²) >= 11 is 0. The van der Waals surface area contributed by atoms with Crippen molar-refractivity contribution in [3.05, 3.63) is 107 Å². The highest BCUT2D eigenvalue weighted by Crippen LogP contribution is 2.07. The van der Waals surface area contributed by atoms with Gasteiger partial charge in [0.25, 0.3) is 0 Å². The largest absolute Gasteiger partial charge is 0.480 e. The fourth-order valence-electron chi connectivity index (χ4n) is 3.20. The van der Waals surface area contributed by atoms with Crippen molar-refractivity contribution in [3.8, 4) is 0 Å². The molecule has 3 aromatic rings. The van der Waals surface area contributed by atoms with Crippen molar-refractivity contribution in [2.24, 2.45) is 17.2 Å². The van der Waals surface area contributed by atoms with Crippen LogP contribution in [0.1, 0.15) is 70.9 Å². The van der Waals surface area contributed by atoms with Gasteiger partial charge in [0.1, 0.15) is 12.3 Å². The standard InChI is InChI=1S/C12H16O.C8H11N.C7H6O2.C5H12N2O2/c1-2-3-4-5-11-6-8-12(10-13)9-7-11;9-7-6-8-4-2-1-3-5-8;8-7(9)6-4-2-1-3-5-6;6-3-1-2-4(7)5(8)9/h6-10H,2-5H2,1H3;1-5H,6-7,9H2;1-5H,(H,8,9);4H,1-3,6-7H2,(H,8,9)/t;;;4-/m...0/s1. The zero-order chi connectivity index (χ0) is 30.0. The number of unbranched alkanes of at least 4 members (excludes halogenated alkanes) is 2. The number of aldehydes is 1. The van der Waals surface area contributed by atoms with Gasteiger partial charge in [-0.05, 0) is 68.5 Å². The van der Waals surface area contributed by atoms with E-state index in [0.717, 1.165) is 31.2 Å². The molecule has 218 valence electrons. The molecule has 0 fully saturated rings. The third-order valence-corrected chi connectivity index (χ3v) is 5.52. The van der Waals surface area contributed by atoms with Gasteiger partial charge in [0.2, 0.25) is 0 Å². The lowest BCUT2D eigenvalue weighted by molar-refractivity contribution is -0.138. The van der Waals surface area contributed by atoms with Crippen LogP contribution in [0.2, 0.25) is 0 Å². The quantitative estimate of drug-likeness (QED) is 0.156. The van der Waals surface area contributed by atoms with Gasteiger partial charge in [0, 0.05) is 5.56 Å². The van der Waals surface area contributed by atoms with Crippen LogP contribution in [0.25, 0.3) is 0 Å². The van der Waals surface area contributed by atoms with E-state index in [1.54, 1.807) is 30.3 Å². The number of carbonyl (C=O) groups is 3. The minimum atomic E-state index is -0.955. The Labute approximate surface area is 238 Å². The minimum Gasteiger partial charge on any atom is -0.480 e. The molecule has 8 nitrogen and oxygen atoms in total. The summed E-state index contributed by atoms with van der Waals surface area (Å²) in [7, 11) is 0. The first kappa shape index (κ1) is 36.1. The summed E-state index contributed by atoms with van der Waals surface area (Å²) in [5.74, 6) is -1.83. The zero-order valence-corrected chi connectivity index (χ0v) is 23.5. The number of carbonyl (C=O) groups excluding carboxylic acids is 1. The van der Waals surface area contributed by atoms with Crippen molar-refractivity contribution in [2.45, 2.75) is 57.9 Å². The normalized spacial score (nSPS) is 10.3. The van der Waals surface area contributed by atoms with Crippen LogP contribution >= 0.6 is 0 Å². The molecule has 0 saturated carbocycles. The van der Waals surface area contributed by atoms with Crippen LogP contribution in [-0.4, -0.2) is 47.6 Å². The molecule has 0 unspecified atom stereocenters. The van der Waals surface area contributed by atoms with E-state index in [1.807, 2.05) is 42.5 Å². The van der Waals surface area contributed by atoms with E-state index < -0.39 is 18.0 Å². The van der Waals surface area contributed by atoms with E-state index in [9.17, 15) is 14.4 Å². The Balaban J connectivity index is 0.000000515. The lowest BCUT2D eigenvalue weighted by Crippen LogP contribution is -2.30. The number of hydrogen-bond donors (Lipinski definition) is 5. The van der Waals surface area contributed by atoms with Gasteiger partial charge >= 0.3 is 11.9 Å². The average molecular weight is 552 g/mol. The highest BCUT2D eigenvalue weighted by molar-refractivity contribution is 5.87. The molecule has 3 rings (SSSR count). The number of hydrogen-bond acceptors (Lipinski definition) is 6. The van der Waals surface area contributed by atoms with Crippen molar-refractivity contribution in [2.75, 3.05) is 13.1 Å². The van der Waals surface area contributed by atoms with Gasteiger partial charge in [-0.25, -0.2) is 4.79 Å². The number of rotatable bonds is 12. The zero-order valence-electron chi connectivity index (χ0n) is 23.5.